The molecular weight excluding hydrogens is 274 g/mol. The number of rotatable bonds is 2. The summed E-state index contributed by atoms with van der Waals surface area (Å²) in [5, 5.41) is 2.89. The Morgan fingerprint density at radius 1 is 1.40 bits per heavy atom. The van der Waals surface area contributed by atoms with Crippen LogP contribution in [0.5, 0.6) is 0 Å². The van der Waals surface area contributed by atoms with Crippen molar-refractivity contribution in [3.63, 3.8) is 0 Å². The fourth-order valence-electron chi connectivity index (χ4n) is 3.22. The first-order chi connectivity index (χ1) is 9.50. The highest BCUT2D eigenvalue weighted by Gasteiger charge is 2.47. The molecule has 3 unspecified atom stereocenters. The standard InChI is InChI=1S/C14H19N3O2S/c1-8-7-20-12(15-8)9(2)17-10(3)13(18)16-6-4-5-11(16)14(17)19/h7,9-11H,4-6H2,1-3H3. The summed E-state index contributed by atoms with van der Waals surface area (Å²) in [6, 6.07) is -0.777. The summed E-state index contributed by atoms with van der Waals surface area (Å²) in [6.45, 7) is 6.45. The second-order valence-corrected chi connectivity index (χ2v) is 6.50. The second-order valence-electron chi connectivity index (χ2n) is 5.61. The number of fused-ring (bicyclic) bond motifs is 1. The summed E-state index contributed by atoms with van der Waals surface area (Å²) in [5.74, 6) is 0.155. The van der Waals surface area contributed by atoms with Gasteiger partial charge in [-0.1, -0.05) is 0 Å². The predicted molar refractivity (Wildman–Crippen MR) is 76.3 cm³/mol. The molecule has 6 heteroatoms. The van der Waals surface area contributed by atoms with E-state index in [-0.39, 0.29) is 23.9 Å². The van der Waals surface area contributed by atoms with E-state index in [1.54, 1.807) is 21.1 Å². The number of carbonyl (C=O) groups excluding carboxylic acids is 2. The van der Waals surface area contributed by atoms with E-state index in [2.05, 4.69) is 4.98 Å². The van der Waals surface area contributed by atoms with Crippen molar-refractivity contribution in [3.8, 4) is 0 Å². The van der Waals surface area contributed by atoms with Gasteiger partial charge in [0.15, 0.2) is 0 Å². The minimum Gasteiger partial charge on any atom is -0.329 e. The molecule has 0 saturated carbocycles. The first kappa shape index (κ1) is 13.5. The number of nitrogens with zero attached hydrogens (tertiary/aromatic N) is 3. The van der Waals surface area contributed by atoms with E-state index in [0.29, 0.717) is 0 Å². The van der Waals surface area contributed by atoms with Crippen LogP contribution in [0.15, 0.2) is 5.38 Å². The van der Waals surface area contributed by atoms with Gasteiger partial charge in [-0.15, -0.1) is 11.3 Å². The first-order valence-electron chi connectivity index (χ1n) is 7.05. The van der Waals surface area contributed by atoms with Gasteiger partial charge in [-0.25, -0.2) is 4.98 Å². The Kier molecular flexibility index (Phi) is 3.28. The van der Waals surface area contributed by atoms with Crippen molar-refractivity contribution in [2.24, 2.45) is 0 Å². The third kappa shape index (κ3) is 1.93. The molecule has 0 aromatic carbocycles. The van der Waals surface area contributed by atoms with E-state index < -0.39 is 6.04 Å². The lowest BCUT2D eigenvalue weighted by molar-refractivity contribution is -0.161. The van der Waals surface area contributed by atoms with Gasteiger partial charge in [-0.3, -0.25) is 9.59 Å². The zero-order valence-electron chi connectivity index (χ0n) is 12.0. The Labute approximate surface area is 122 Å². The molecule has 5 nitrogen and oxygen atoms in total. The highest BCUT2D eigenvalue weighted by Crippen LogP contribution is 2.33. The Hall–Kier alpha value is -1.43. The van der Waals surface area contributed by atoms with Crippen LogP contribution in [0, 0.1) is 6.92 Å². The van der Waals surface area contributed by atoms with Crippen molar-refractivity contribution in [2.45, 2.75) is 51.7 Å². The molecule has 2 aliphatic rings. The highest BCUT2D eigenvalue weighted by atomic mass is 32.1. The predicted octanol–water partition coefficient (Wildman–Crippen LogP) is 1.73. The van der Waals surface area contributed by atoms with Gasteiger partial charge in [0.2, 0.25) is 11.8 Å². The van der Waals surface area contributed by atoms with Crippen LogP contribution in [0.1, 0.15) is 43.4 Å². The monoisotopic (exact) mass is 293 g/mol. The van der Waals surface area contributed by atoms with E-state index in [1.807, 2.05) is 26.2 Å². The molecule has 0 N–H and O–H groups in total. The molecule has 2 amide bonds. The fourth-order valence-corrected chi connectivity index (χ4v) is 4.07. The van der Waals surface area contributed by atoms with Crippen molar-refractivity contribution < 1.29 is 9.59 Å². The number of hydrogen-bond acceptors (Lipinski definition) is 4. The van der Waals surface area contributed by atoms with Crippen LogP contribution < -0.4 is 0 Å². The average molecular weight is 293 g/mol. The summed E-state index contributed by atoms with van der Waals surface area (Å²) >= 11 is 1.55. The van der Waals surface area contributed by atoms with Crippen LogP contribution in [-0.2, 0) is 9.59 Å². The molecule has 2 fully saturated rings. The van der Waals surface area contributed by atoms with Crippen LogP contribution in [0.2, 0.25) is 0 Å². The molecule has 2 saturated heterocycles. The minimum absolute atomic E-state index is 0.0761. The molecule has 108 valence electrons. The second kappa shape index (κ2) is 4.84. The van der Waals surface area contributed by atoms with E-state index in [9.17, 15) is 9.59 Å². The summed E-state index contributed by atoms with van der Waals surface area (Å²) in [6.07, 6.45) is 1.71. The quantitative estimate of drug-likeness (QED) is 0.834. The number of thiazole rings is 1. The van der Waals surface area contributed by atoms with Crippen molar-refractivity contribution in [1.29, 1.82) is 0 Å². The molecule has 1 aromatic rings. The van der Waals surface area contributed by atoms with Crippen LogP contribution in [0.25, 0.3) is 0 Å². The topological polar surface area (TPSA) is 53.5 Å². The van der Waals surface area contributed by atoms with Crippen molar-refractivity contribution in [2.75, 3.05) is 6.54 Å². The van der Waals surface area contributed by atoms with E-state index >= 15 is 0 Å². The molecule has 0 aliphatic carbocycles. The highest BCUT2D eigenvalue weighted by molar-refractivity contribution is 7.09. The molecule has 0 radical (unpaired) electrons. The Morgan fingerprint density at radius 2 is 2.15 bits per heavy atom. The maximum atomic E-state index is 12.7. The van der Waals surface area contributed by atoms with Crippen LogP contribution in [-0.4, -0.2) is 45.2 Å². The van der Waals surface area contributed by atoms with Gasteiger partial charge in [0, 0.05) is 17.6 Å². The van der Waals surface area contributed by atoms with Gasteiger partial charge in [0.1, 0.15) is 17.1 Å². The largest absolute Gasteiger partial charge is 0.329 e. The summed E-state index contributed by atoms with van der Waals surface area (Å²) < 4.78 is 0. The zero-order chi connectivity index (χ0) is 14.4. The van der Waals surface area contributed by atoms with Gasteiger partial charge >= 0.3 is 0 Å². The summed E-state index contributed by atoms with van der Waals surface area (Å²) in [7, 11) is 0. The SMILES string of the molecule is Cc1csc(C(C)N2C(=O)C3CCCN3C(=O)C2C)n1. The molecule has 0 bridgehead atoms. The number of hydrogen-bond donors (Lipinski definition) is 0. The lowest BCUT2D eigenvalue weighted by Crippen LogP contribution is -2.62. The number of aromatic nitrogens is 1. The minimum atomic E-state index is -0.393. The average Bonchev–Trinajstić information content (AvgIpc) is 3.05. The lowest BCUT2D eigenvalue weighted by atomic mass is 10.0. The molecule has 3 atom stereocenters. The number of aryl methyl sites for hydroxylation is 1. The van der Waals surface area contributed by atoms with Crippen LogP contribution in [0.3, 0.4) is 0 Å². The van der Waals surface area contributed by atoms with E-state index in [4.69, 9.17) is 0 Å². The van der Waals surface area contributed by atoms with Crippen LogP contribution >= 0.6 is 11.3 Å². The Bertz CT molecular complexity index is 556. The van der Waals surface area contributed by atoms with Gasteiger partial charge in [-0.2, -0.15) is 0 Å². The van der Waals surface area contributed by atoms with E-state index in [1.165, 1.54) is 0 Å². The zero-order valence-corrected chi connectivity index (χ0v) is 12.8. The van der Waals surface area contributed by atoms with Gasteiger partial charge in [0.25, 0.3) is 0 Å². The molecular formula is C14H19N3O2S. The maximum Gasteiger partial charge on any atom is 0.246 e. The molecule has 3 heterocycles. The Balaban J connectivity index is 1.91. The first-order valence-corrected chi connectivity index (χ1v) is 7.93. The van der Waals surface area contributed by atoms with Crippen molar-refractivity contribution >= 4 is 23.2 Å². The summed E-state index contributed by atoms with van der Waals surface area (Å²) in [5.41, 5.74) is 0.961. The Morgan fingerprint density at radius 3 is 2.80 bits per heavy atom. The lowest BCUT2D eigenvalue weighted by Gasteiger charge is -2.43. The van der Waals surface area contributed by atoms with E-state index in [0.717, 1.165) is 30.1 Å². The summed E-state index contributed by atoms with van der Waals surface area (Å²) in [4.78, 5) is 33.1. The third-order valence-electron chi connectivity index (χ3n) is 4.26. The van der Waals surface area contributed by atoms with Gasteiger partial charge in [0.05, 0.1) is 6.04 Å². The molecule has 20 heavy (non-hydrogen) atoms. The fraction of sp³-hybridized carbons (Fsp3) is 0.643. The van der Waals surface area contributed by atoms with Crippen LogP contribution in [0.4, 0.5) is 0 Å². The van der Waals surface area contributed by atoms with Crippen molar-refractivity contribution in [3.05, 3.63) is 16.1 Å². The van der Waals surface area contributed by atoms with Crippen molar-refractivity contribution in [1.82, 2.24) is 14.8 Å². The molecule has 2 aliphatic heterocycles. The number of piperazine rings is 1. The van der Waals surface area contributed by atoms with Gasteiger partial charge in [-0.05, 0) is 33.6 Å². The third-order valence-corrected chi connectivity index (χ3v) is 5.39. The maximum absolute atomic E-state index is 12.7. The molecule has 0 spiro atoms. The molecule has 3 rings (SSSR count). The van der Waals surface area contributed by atoms with Gasteiger partial charge < -0.3 is 9.80 Å². The normalized spacial score (nSPS) is 27.9. The smallest absolute Gasteiger partial charge is 0.246 e. The molecule has 1 aromatic heterocycles. The number of carbonyl (C=O) groups is 2. The number of amides is 2.